The first-order valence-electron chi connectivity index (χ1n) is 7.14. The van der Waals surface area contributed by atoms with E-state index < -0.39 is 11.6 Å². The van der Waals surface area contributed by atoms with E-state index in [0.717, 1.165) is 0 Å². The van der Waals surface area contributed by atoms with Crippen LogP contribution in [0.25, 0.3) is 0 Å². The summed E-state index contributed by atoms with van der Waals surface area (Å²) in [5.41, 5.74) is 5.38. The fourth-order valence-electron chi connectivity index (χ4n) is 1.93. The zero-order valence-corrected chi connectivity index (χ0v) is 13.2. The van der Waals surface area contributed by atoms with Gasteiger partial charge in [0.15, 0.2) is 0 Å². The summed E-state index contributed by atoms with van der Waals surface area (Å²) in [6.07, 6.45) is -0.322. The molecular weight excluding hydrogens is 258 g/mol. The predicted molar refractivity (Wildman–Crippen MR) is 77.2 cm³/mol. The molecule has 1 aliphatic rings. The SMILES string of the molecule is CC(C)[C@H](N)C(=O)N1CCN(C(=O)OC(C)(C)C)CC1. The van der Waals surface area contributed by atoms with E-state index in [-0.39, 0.29) is 17.9 Å². The monoisotopic (exact) mass is 285 g/mol. The molecule has 20 heavy (non-hydrogen) atoms. The molecule has 0 saturated carbocycles. The first-order valence-corrected chi connectivity index (χ1v) is 7.14. The van der Waals surface area contributed by atoms with Crippen LogP contribution in [-0.2, 0) is 9.53 Å². The van der Waals surface area contributed by atoms with Gasteiger partial charge in [-0.1, -0.05) is 13.8 Å². The van der Waals surface area contributed by atoms with Crippen molar-refractivity contribution in [3.8, 4) is 0 Å². The maximum atomic E-state index is 12.1. The molecule has 0 unspecified atom stereocenters. The summed E-state index contributed by atoms with van der Waals surface area (Å²) in [5, 5.41) is 0. The molecule has 1 atom stereocenters. The minimum Gasteiger partial charge on any atom is -0.444 e. The highest BCUT2D eigenvalue weighted by molar-refractivity contribution is 5.82. The van der Waals surface area contributed by atoms with Crippen molar-refractivity contribution in [1.29, 1.82) is 0 Å². The number of carbonyl (C=O) groups excluding carboxylic acids is 2. The van der Waals surface area contributed by atoms with Gasteiger partial charge in [-0.15, -0.1) is 0 Å². The molecule has 0 aromatic carbocycles. The quantitative estimate of drug-likeness (QED) is 0.823. The summed E-state index contributed by atoms with van der Waals surface area (Å²) in [6, 6.07) is -0.469. The van der Waals surface area contributed by atoms with Gasteiger partial charge in [-0.25, -0.2) is 4.79 Å². The number of carbonyl (C=O) groups is 2. The third-order valence-corrected chi connectivity index (χ3v) is 3.25. The van der Waals surface area contributed by atoms with Crippen molar-refractivity contribution in [3.05, 3.63) is 0 Å². The van der Waals surface area contributed by atoms with Crippen LogP contribution in [0.15, 0.2) is 0 Å². The van der Waals surface area contributed by atoms with Gasteiger partial charge in [0.1, 0.15) is 5.60 Å². The van der Waals surface area contributed by atoms with Crippen LogP contribution >= 0.6 is 0 Å². The van der Waals surface area contributed by atoms with Gasteiger partial charge in [-0.05, 0) is 26.7 Å². The smallest absolute Gasteiger partial charge is 0.410 e. The lowest BCUT2D eigenvalue weighted by Gasteiger charge is -2.37. The second kappa shape index (κ2) is 6.43. The van der Waals surface area contributed by atoms with E-state index in [2.05, 4.69) is 0 Å². The van der Waals surface area contributed by atoms with Gasteiger partial charge < -0.3 is 20.3 Å². The molecule has 2 N–H and O–H groups in total. The number of hydrogen-bond acceptors (Lipinski definition) is 4. The zero-order valence-electron chi connectivity index (χ0n) is 13.2. The molecule has 116 valence electrons. The maximum absolute atomic E-state index is 12.1. The van der Waals surface area contributed by atoms with E-state index in [0.29, 0.717) is 26.2 Å². The molecule has 0 radical (unpaired) electrons. The van der Waals surface area contributed by atoms with Gasteiger partial charge in [0.2, 0.25) is 5.91 Å². The van der Waals surface area contributed by atoms with E-state index in [9.17, 15) is 9.59 Å². The standard InChI is InChI=1S/C14H27N3O3/c1-10(2)11(15)12(18)16-6-8-17(9-7-16)13(19)20-14(3,4)5/h10-11H,6-9,15H2,1-5H3/t11-/m0/s1. The van der Waals surface area contributed by atoms with E-state index >= 15 is 0 Å². The van der Waals surface area contributed by atoms with Crippen LogP contribution in [0.1, 0.15) is 34.6 Å². The van der Waals surface area contributed by atoms with Gasteiger partial charge in [0.05, 0.1) is 6.04 Å². The Balaban J connectivity index is 2.48. The molecule has 1 heterocycles. The molecule has 0 bridgehead atoms. The van der Waals surface area contributed by atoms with Crippen molar-refractivity contribution < 1.29 is 14.3 Å². The first kappa shape index (κ1) is 16.8. The zero-order chi connectivity index (χ0) is 15.5. The molecule has 6 nitrogen and oxygen atoms in total. The summed E-state index contributed by atoms with van der Waals surface area (Å²) >= 11 is 0. The average Bonchev–Trinajstić information content (AvgIpc) is 2.35. The number of amides is 2. The summed E-state index contributed by atoms with van der Waals surface area (Å²) in [5.74, 6) is 0.0789. The Bertz CT molecular complexity index is 355. The summed E-state index contributed by atoms with van der Waals surface area (Å²) in [6.45, 7) is 11.4. The lowest BCUT2D eigenvalue weighted by Crippen LogP contribution is -2.55. The Morgan fingerprint density at radius 2 is 1.50 bits per heavy atom. The van der Waals surface area contributed by atoms with Gasteiger partial charge >= 0.3 is 6.09 Å². The van der Waals surface area contributed by atoms with E-state index in [1.807, 2.05) is 34.6 Å². The van der Waals surface area contributed by atoms with Crippen LogP contribution in [0.4, 0.5) is 4.79 Å². The fraction of sp³-hybridized carbons (Fsp3) is 0.857. The van der Waals surface area contributed by atoms with E-state index in [4.69, 9.17) is 10.5 Å². The summed E-state index contributed by atoms with van der Waals surface area (Å²) in [4.78, 5) is 27.4. The number of hydrogen-bond donors (Lipinski definition) is 1. The van der Waals surface area contributed by atoms with Crippen LogP contribution in [0.5, 0.6) is 0 Å². The molecule has 1 rings (SSSR count). The Morgan fingerprint density at radius 3 is 1.90 bits per heavy atom. The third kappa shape index (κ3) is 4.67. The highest BCUT2D eigenvalue weighted by Crippen LogP contribution is 2.13. The van der Waals surface area contributed by atoms with Crippen LogP contribution in [0, 0.1) is 5.92 Å². The molecular formula is C14H27N3O3. The Labute approximate surface area is 121 Å². The largest absolute Gasteiger partial charge is 0.444 e. The summed E-state index contributed by atoms with van der Waals surface area (Å²) in [7, 11) is 0. The molecule has 0 aromatic heterocycles. The minimum atomic E-state index is -0.496. The second-order valence-electron chi connectivity index (χ2n) is 6.56. The Kier molecular flexibility index (Phi) is 5.39. The van der Waals surface area contributed by atoms with Crippen molar-refractivity contribution in [1.82, 2.24) is 9.80 Å². The highest BCUT2D eigenvalue weighted by atomic mass is 16.6. The highest BCUT2D eigenvalue weighted by Gasteiger charge is 2.30. The Morgan fingerprint density at radius 1 is 1.05 bits per heavy atom. The third-order valence-electron chi connectivity index (χ3n) is 3.25. The average molecular weight is 285 g/mol. The molecule has 0 aliphatic carbocycles. The van der Waals surface area contributed by atoms with E-state index in [1.165, 1.54) is 0 Å². The van der Waals surface area contributed by atoms with Gasteiger partial charge in [0.25, 0.3) is 0 Å². The number of nitrogens with two attached hydrogens (primary N) is 1. The lowest BCUT2D eigenvalue weighted by molar-refractivity contribution is -0.135. The molecule has 1 fully saturated rings. The van der Waals surface area contributed by atoms with Gasteiger partial charge in [0, 0.05) is 26.2 Å². The molecule has 0 spiro atoms. The number of nitrogens with zero attached hydrogens (tertiary/aromatic N) is 2. The van der Waals surface area contributed by atoms with Crippen LogP contribution in [0.3, 0.4) is 0 Å². The van der Waals surface area contributed by atoms with Gasteiger partial charge in [-0.3, -0.25) is 4.79 Å². The topological polar surface area (TPSA) is 75.9 Å². The van der Waals surface area contributed by atoms with Crippen LogP contribution in [0.2, 0.25) is 0 Å². The molecule has 1 saturated heterocycles. The predicted octanol–water partition coefficient (Wildman–Crippen LogP) is 1.05. The van der Waals surface area contributed by atoms with E-state index in [1.54, 1.807) is 9.80 Å². The Hall–Kier alpha value is -1.30. The molecule has 1 aliphatic heterocycles. The van der Waals surface area contributed by atoms with Crippen molar-refractivity contribution in [2.75, 3.05) is 26.2 Å². The van der Waals surface area contributed by atoms with Crippen molar-refractivity contribution in [3.63, 3.8) is 0 Å². The minimum absolute atomic E-state index is 0.0381. The van der Waals surface area contributed by atoms with Crippen molar-refractivity contribution in [2.45, 2.75) is 46.3 Å². The number of piperazine rings is 1. The fourth-order valence-corrected chi connectivity index (χ4v) is 1.93. The van der Waals surface area contributed by atoms with Crippen molar-refractivity contribution in [2.24, 2.45) is 11.7 Å². The lowest BCUT2D eigenvalue weighted by atomic mass is 10.0. The maximum Gasteiger partial charge on any atom is 0.410 e. The molecule has 0 aromatic rings. The van der Waals surface area contributed by atoms with Gasteiger partial charge in [-0.2, -0.15) is 0 Å². The molecule has 2 amide bonds. The number of rotatable bonds is 2. The second-order valence-corrected chi connectivity index (χ2v) is 6.56. The van der Waals surface area contributed by atoms with Crippen LogP contribution in [-0.4, -0.2) is 59.6 Å². The number of ether oxygens (including phenoxy) is 1. The summed E-state index contributed by atoms with van der Waals surface area (Å²) < 4.78 is 5.32. The van der Waals surface area contributed by atoms with Crippen molar-refractivity contribution >= 4 is 12.0 Å². The first-order chi connectivity index (χ1) is 9.11. The van der Waals surface area contributed by atoms with Crippen LogP contribution < -0.4 is 5.73 Å². The molecule has 6 heteroatoms. The normalized spacial score (nSPS) is 18.1.